The second-order valence-electron chi connectivity index (χ2n) is 8.08. The Morgan fingerprint density at radius 2 is 1.93 bits per heavy atom. The van der Waals surface area contributed by atoms with Crippen LogP contribution < -0.4 is 4.90 Å². The number of hydrogen-bond donors (Lipinski definition) is 0. The molecular weight excluding hydrogens is 354 g/mol. The molecule has 2 aliphatic rings. The maximum absolute atomic E-state index is 4.87. The topological polar surface area (TPSA) is 37.2 Å². The summed E-state index contributed by atoms with van der Waals surface area (Å²) in [5.74, 6) is 0. The number of aryl methyl sites for hydroxylation is 1. The van der Waals surface area contributed by atoms with Crippen molar-refractivity contribution >= 4 is 26.7 Å². The van der Waals surface area contributed by atoms with Crippen LogP contribution in [-0.4, -0.2) is 44.8 Å². The molecule has 0 unspecified atom stereocenters. The third kappa shape index (κ3) is 2.95. The van der Waals surface area contributed by atoms with Crippen LogP contribution in [0.25, 0.3) is 10.2 Å². The number of para-hydroxylation sites is 1. The molecule has 1 spiro atoms. The Balaban J connectivity index is 1.31. The average Bonchev–Trinajstić information content (AvgIpc) is 3.37. The van der Waals surface area contributed by atoms with Gasteiger partial charge in [-0.3, -0.25) is 9.58 Å². The zero-order chi connectivity index (χ0) is 18.4. The number of benzene rings is 1. The first kappa shape index (κ1) is 17.2. The molecule has 3 aromatic rings. The maximum atomic E-state index is 4.87. The number of aromatic nitrogens is 3. The van der Waals surface area contributed by atoms with Crippen LogP contribution in [-0.2, 0) is 13.6 Å². The summed E-state index contributed by atoms with van der Waals surface area (Å²) in [5.41, 5.74) is 4.18. The van der Waals surface area contributed by atoms with Gasteiger partial charge in [0.15, 0.2) is 5.13 Å². The van der Waals surface area contributed by atoms with E-state index in [9.17, 15) is 0 Å². The summed E-state index contributed by atoms with van der Waals surface area (Å²) in [7, 11) is 2.04. The molecule has 0 saturated carbocycles. The van der Waals surface area contributed by atoms with Gasteiger partial charge in [0.2, 0.25) is 0 Å². The van der Waals surface area contributed by atoms with Gasteiger partial charge in [0.25, 0.3) is 0 Å². The van der Waals surface area contributed by atoms with Crippen molar-refractivity contribution in [1.29, 1.82) is 0 Å². The van der Waals surface area contributed by atoms with E-state index in [1.165, 1.54) is 53.3 Å². The largest absolute Gasteiger partial charge is 0.348 e. The van der Waals surface area contributed by atoms with Gasteiger partial charge in [-0.15, -0.1) is 0 Å². The maximum Gasteiger partial charge on any atom is 0.186 e. The number of piperidine rings is 1. The Morgan fingerprint density at radius 1 is 1.11 bits per heavy atom. The number of rotatable bonds is 3. The van der Waals surface area contributed by atoms with E-state index in [1.54, 1.807) is 0 Å². The first-order chi connectivity index (χ1) is 13.1. The molecule has 2 aromatic heterocycles. The van der Waals surface area contributed by atoms with Gasteiger partial charge in [-0.1, -0.05) is 23.5 Å². The Hall–Kier alpha value is -1.92. The van der Waals surface area contributed by atoms with E-state index in [1.807, 2.05) is 23.1 Å². The fraction of sp³-hybridized carbons (Fsp3) is 0.524. The Bertz CT molecular complexity index is 918. The smallest absolute Gasteiger partial charge is 0.186 e. The Labute approximate surface area is 164 Å². The third-order valence-corrected chi connectivity index (χ3v) is 7.78. The SMILES string of the molecule is Cc1c(CN2CCCC23CCN(c2nc4ccccc4s2)CC3)cnn1C. The van der Waals surface area contributed by atoms with Crippen LogP contribution in [0.1, 0.15) is 36.9 Å². The summed E-state index contributed by atoms with van der Waals surface area (Å²) in [6.45, 7) is 6.67. The van der Waals surface area contributed by atoms with Crippen LogP contribution in [0, 0.1) is 6.92 Å². The van der Waals surface area contributed by atoms with Gasteiger partial charge in [-0.05, 0) is 51.3 Å². The zero-order valence-corrected chi connectivity index (χ0v) is 17.0. The highest BCUT2D eigenvalue weighted by atomic mass is 32.1. The number of nitrogens with zero attached hydrogens (tertiary/aromatic N) is 5. The first-order valence-electron chi connectivity index (χ1n) is 9.98. The predicted octanol–water partition coefficient (Wildman–Crippen LogP) is 3.97. The highest BCUT2D eigenvalue weighted by Gasteiger charge is 2.43. The number of likely N-dealkylation sites (tertiary alicyclic amines) is 1. The van der Waals surface area contributed by atoms with Crippen LogP contribution in [0.2, 0.25) is 0 Å². The quantitative estimate of drug-likeness (QED) is 0.688. The van der Waals surface area contributed by atoms with Crippen LogP contribution in [0.5, 0.6) is 0 Å². The lowest BCUT2D eigenvalue weighted by Gasteiger charge is -2.45. The van der Waals surface area contributed by atoms with Gasteiger partial charge in [-0.25, -0.2) is 4.98 Å². The molecule has 6 heteroatoms. The molecule has 2 aliphatic heterocycles. The lowest BCUT2D eigenvalue weighted by Crippen LogP contribution is -2.51. The van der Waals surface area contributed by atoms with E-state index in [-0.39, 0.29) is 0 Å². The van der Waals surface area contributed by atoms with E-state index in [2.05, 4.69) is 52.3 Å². The fourth-order valence-corrected chi connectivity index (χ4v) is 5.84. The van der Waals surface area contributed by atoms with Crippen LogP contribution in [0.4, 0.5) is 5.13 Å². The highest BCUT2D eigenvalue weighted by molar-refractivity contribution is 7.22. The van der Waals surface area contributed by atoms with Crippen LogP contribution >= 0.6 is 11.3 Å². The fourth-order valence-electron chi connectivity index (χ4n) is 4.82. The monoisotopic (exact) mass is 381 g/mol. The minimum Gasteiger partial charge on any atom is -0.348 e. The third-order valence-electron chi connectivity index (χ3n) is 6.69. The summed E-state index contributed by atoms with van der Waals surface area (Å²) < 4.78 is 3.29. The first-order valence-corrected chi connectivity index (χ1v) is 10.8. The van der Waals surface area contributed by atoms with E-state index in [0.29, 0.717) is 5.54 Å². The summed E-state index contributed by atoms with van der Waals surface area (Å²) in [4.78, 5) is 10.1. The summed E-state index contributed by atoms with van der Waals surface area (Å²) in [6, 6.07) is 8.48. The molecule has 0 radical (unpaired) electrons. The number of hydrogen-bond acceptors (Lipinski definition) is 5. The second kappa shape index (κ2) is 6.60. The lowest BCUT2D eigenvalue weighted by atomic mass is 9.85. The van der Waals surface area contributed by atoms with E-state index in [4.69, 9.17) is 4.98 Å². The molecule has 2 saturated heterocycles. The highest BCUT2D eigenvalue weighted by Crippen LogP contribution is 2.41. The van der Waals surface area contributed by atoms with Crippen molar-refractivity contribution in [2.24, 2.45) is 7.05 Å². The van der Waals surface area contributed by atoms with Gasteiger partial charge in [0, 0.05) is 43.5 Å². The van der Waals surface area contributed by atoms with Gasteiger partial charge in [0.05, 0.1) is 16.4 Å². The van der Waals surface area contributed by atoms with E-state index >= 15 is 0 Å². The van der Waals surface area contributed by atoms with E-state index < -0.39 is 0 Å². The Morgan fingerprint density at radius 3 is 2.67 bits per heavy atom. The molecule has 0 aliphatic carbocycles. The molecule has 27 heavy (non-hydrogen) atoms. The molecule has 4 heterocycles. The molecule has 0 N–H and O–H groups in total. The summed E-state index contributed by atoms with van der Waals surface area (Å²) in [5, 5.41) is 5.63. The number of anilines is 1. The van der Waals surface area contributed by atoms with Crippen molar-refractivity contribution in [2.45, 2.75) is 44.7 Å². The standard InChI is InChI=1S/C21H27N5S/c1-16-17(14-22-24(16)2)15-26-11-5-8-21(26)9-12-25(13-10-21)20-23-18-6-3-4-7-19(18)27-20/h3-4,6-7,14H,5,8-13,15H2,1-2H3. The van der Waals surface area contributed by atoms with Gasteiger partial charge < -0.3 is 4.90 Å². The van der Waals surface area contributed by atoms with Gasteiger partial charge in [0.1, 0.15) is 0 Å². The molecule has 0 atom stereocenters. The summed E-state index contributed by atoms with van der Waals surface area (Å²) in [6.07, 6.45) is 7.18. The zero-order valence-electron chi connectivity index (χ0n) is 16.2. The second-order valence-corrected chi connectivity index (χ2v) is 9.09. The van der Waals surface area contributed by atoms with Crippen LogP contribution in [0.3, 0.4) is 0 Å². The molecule has 142 valence electrons. The van der Waals surface area contributed by atoms with Crippen LogP contribution in [0.15, 0.2) is 30.5 Å². The van der Waals surface area contributed by atoms with Crippen molar-refractivity contribution in [3.63, 3.8) is 0 Å². The van der Waals surface area contributed by atoms with Crippen molar-refractivity contribution in [1.82, 2.24) is 19.7 Å². The molecule has 5 rings (SSSR count). The van der Waals surface area contributed by atoms with Crippen molar-refractivity contribution < 1.29 is 0 Å². The Kier molecular flexibility index (Phi) is 4.20. The molecule has 5 nitrogen and oxygen atoms in total. The van der Waals surface area contributed by atoms with Crippen molar-refractivity contribution in [3.05, 3.63) is 41.7 Å². The number of thiazole rings is 1. The molecule has 0 bridgehead atoms. The normalized spacial score (nSPS) is 20.1. The van der Waals surface area contributed by atoms with Crippen molar-refractivity contribution in [3.8, 4) is 0 Å². The molecule has 2 fully saturated rings. The number of fused-ring (bicyclic) bond motifs is 1. The molecule has 1 aromatic carbocycles. The summed E-state index contributed by atoms with van der Waals surface area (Å²) >= 11 is 1.83. The molecule has 0 amide bonds. The minimum absolute atomic E-state index is 0.370. The van der Waals surface area contributed by atoms with Gasteiger partial charge in [-0.2, -0.15) is 5.10 Å². The molecular formula is C21H27N5S. The predicted molar refractivity (Wildman–Crippen MR) is 111 cm³/mol. The minimum atomic E-state index is 0.370. The van der Waals surface area contributed by atoms with Gasteiger partial charge >= 0.3 is 0 Å². The lowest BCUT2D eigenvalue weighted by molar-refractivity contribution is 0.0996. The van der Waals surface area contributed by atoms with E-state index in [0.717, 1.165) is 25.2 Å². The van der Waals surface area contributed by atoms with Crippen molar-refractivity contribution in [2.75, 3.05) is 24.5 Å². The average molecular weight is 382 g/mol.